The molecule has 6 nitrogen and oxygen atoms in total. The zero-order valence-electron chi connectivity index (χ0n) is 19.4. The minimum atomic E-state index is -1.25. The number of aliphatic hydroxyl groups excluding tert-OH is 3. The number of aliphatic hydroxyl groups is 3. The Kier molecular flexibility index (Phi) is 5.20. The van der Waals surface area contributed by atoms with Crippen molar-refractivity contribution in [2.75, 3.05) is 6.61 Å². The van der Waals surface area contributed by atoms with E-state index in [4.69, 9.17) is 9.47 Å². The lowest BCUT2D eigenvalue weighted by Gasteiger charge is -2.65. The second-order valence-electron chi connectivity index (χ2n) is 12.4. The fraction of sp³-hybridized carbons (Fsp3) is 0.960. The molecule has 2 bridgehead atoms. The molecule has 5 aliphatic rings. The number of rotatable bonds is 2. The van der Waals surface area contributed by atoms with Gasteiger partial charge in [-0.3, -0.25) is 4.79 Å². The Morgan fingerprint density at radius 1 is 1.00 bits per heavy atom. The van der Waals surface area contributed by atoms with Gasteiger partial charge in [0.25, 0.3) is 0 Å². The summed E-state index contributed by atoms with van der Waals surface area (Å²) in [6.07, 6.45) is 2.66. The summed E-state index contributed by atoms with van der Waals surface area (Å²) in [5, 5.41) is 30.2. The Labute approximate surface area is 185 Å². The van der Waals surface area contributed by atoms with Crippen LogP contribution in [0.3, 0.4) is 0 Å². The summed E-state index contributed by atoms with van der Waals surface area (Å²) >= 11 is 0. The van der Waals surface area contributed by atoms with Crippen molar-refractivity contribution in [3.05, 3.63) is 0 Å². The molecule has 0 radical (unpaired) electrons. The van der Waals surface area contributed by atoms with Crippen LogP contribution < -0.4 is 0 Å². The summed E-state index contributed by atoms with van der Waals surface area (Å²) in [6.45, 7) is 9.21. The molecule has 0 aromatic carbocycles. The number of carbonyl (C=O) groups excluding carboxylic acids is 1. The average Bonchev–Trinajstić information content (AvgIpc) is 2.98. The van der Waals surface area contributed by atoms with Gasteiger partial charge >= 0.3 is 0 Å². The average molecular weight is 437 g/mol. The van der Waals surface area contributed by atoms with E-state index in [1.807, 2.05) is 0 Å². The predicted octanol–water partition coefficient (Wildman–Crippen LogP) is 2.67. The monoisotopic (exact) mass is 436 g/mol. The topological polar surface area (TPSA) is 96.2 Å². The lowest BCUT2D eigenvalue weighted by atomic mass is 9.40. The van der Waals surface area contributed by atoms with E-state index in [1.165, 1.54) is 12.8 Å². The highest BCUT2D eigenvalue weighted by molar-refractivity contribution is 5.83. The molecule has 0 aromatic rings. The molecular weight excluding hydrogens is 396 g/mol. The van der Waals surface area contributed by atoms with Gasteiger partial charge in [-0.25, -0.2) is 0 Å². The maximum Gasteiger partial charge on any atom is 0.186 e. The standard InChI is InChI=1S/C25H40O6/c1-13-10-25-8-5-17-23(2,3)19(31-22-21(29)20(28)16(27)12-30-22)6-7-24(17,4)18(25)9-15(26)14(13)11-25/h13-14,16-22,27-29H,5-12H2,1-4H3/t13-,14-,16-,17-,18-,19-,20+,21-,22-,24-,25-/m1/s1. The molecule has 4 aliphatic carbocycles. The number of ether oxygens (including phenoxy) is 2. The van der Waals surface area contributed by atoms with Gasteiger partial charge in [0.1, 0.15) is 24.1 Å². The molecule has 5 fully saturated rings. The van der Waals surface area contributed by atoms with Gasteiger partial charge in [-0.05, 0) is 72.5 Å². The summed E-state index contributed by atoms with van der Waals surface area (Å²) in [5.41, 5.74) is 0.326. The molecule has 0 aromatic heterocycles. The zero-order chi connectivity index (χ0) is 22.3. The lowest BCUT2D eigenvalue weighted by Crippen LogP contribution is -2.62. The molecule has 11 atom stereocenters. The van der Waals surface area contributed by atoms with Gasteiger partial charge in [0.15, 0.2) is 6.29 Å². The van der Waals surface area contributed by atoms with E-state index in [0.717, 1.165) is 32.1 Å². The van der Waals surface area contributed by atoms with Crippen molar-refractivity contribution in [3.63, 3.8) is 0 Å². The predicted molar refractivity (Wildman–Crippen MR) is 114 cm³/mol. The van der Waals surface area contributed by atoms with E-state index in [2.05, 4.69) is 27.7 Å². The summed E-state index contributed by atoms with van der Waals surface area (Å²) in [7, 11) is 0. The van der Waals surface area contributed by atoms with Crippen LogP contribution in [0, 0.1) is 39.9 Å². The van der Waals surface area contributed by atoms with Crippen LogP contribution in [-0.4, -0.2) is 58.4 Å². The third-order valence-electron chi connectivity index (χ3n) is 10.5. The van der Waals surface area contributed by atoms with E-state index in [0.29, 0.717) is 29.0 Å². The van der Waals surface area contributed by atoms with Crippen LogP contribution in [0.1, 0.15) is 72.6 Å². The molecule has 6 heteroatoms. The number of fused-ring (bicyclic) bond motifs is 3. The van der Waals surface area contributed by atoms with Gasteiger partial charge < -0.3 is 24.8 Å². The minimum Gasteiger partial charge on any atom is -0.388 e. The van der Waals surface area contributed by atoms with Gasteiger partial charge in [0.2, 0.25) is 0 Å². The smallest absolute Gasteiger partial charge is 0.186 e. The van der Waals surface area contributed by atoms with Crippen LogP contribution >= 0.6 is 0 Å². The molecule has 1 aliphatic heterocycles. The van der Waals surface area contributed by atoms with Gasteiger partial charge in [-0.15, -0.1) is 0 Å². The molecule has 1 spiro atoms. The van der Waals surface area contributed by atoms with Crippen LogP contribution in [0.5, 0.6) is 0 Å². The third kappa shape index (κ3) is 3.12. The molecule has 5 rings (SSSR count). The molecular formula is C25H40O6. The van der Waals surface area contributed by atoms with E-state index in [9.17, 15) is 20.1 Å². The second-order valence-corrected chi connectivity index (χ2v) is 12.4. The Morgan fingerprint density at radius 3 is 2.48 bits per heavy atom. The van der Waals surface area contributed by atoms with Gasteiger partial charge in [-0.2, -0.15) is 0 Å². The zero-order valence-corrected chi connectivity index (χ0v) is 19.4. The Hall–Kier alpha value is -0.530. The van der Waals surface area contributed by atoms with Gasteiger partial charge in [0.05, 0.1) is 12.7 Å². The summed E-state index contributed by atoms with van der Waals surface area (Å²) in [5.74, 6) is 2.20. The summed E-state index contributed by atoms with van der Waals surface area (Å²) in [4.78, 5) is 13.0. The molecule has 0 unspecified atom stereocenters. The number of Topliss-reactive ketones (excluding diaryl/α,β-unsaturated/α-hetero) is 1. The van der Waals surface area contributed by atoms with Crippen molar-refractivity contribution in [1.29, 1.82) is 0 Å². The fourth-order valence-corrected chi connectivity index (χ4v) is 9.02. The Morgan fingerprint density at radius 2 is 1.74 bits per heavy atom. The number of hydrogen-bond acceptors (Lipinski definition) is 6. The number of ketones is 1. The maximum absolute atomic E-state index is 13.0. The number of hydrogen-bond donors (Lipinski definition) is 3. The summed E-state index contributed by atoms with van der Waals surface area (Å²) in [6, 6.07) is 0. The highest BCUT2D eigenvalue weighted by Gasteiger charge is 2.66. The van der Waals surface area contributed by atoms with Crippen LogP contribution in [0.25, 0.3) is 0 Å². The van der Waals surface area contributed by atoms with Crippen molar-refractivity contribution in [2.24, 2.45) is 39.9 Å². The van der Waals surface area contributed by atoms with Gasteiger partial charge in [-0.1, -0.05) is 27.7 Å². The first-order chi connectivity index (χ1) is 14.5. The molecule has 1 heterocycles. The van der Waals surface area contributed by atoms with Crippen LogP contribution in [0.4, 0.5) is 0 Å². The first-order valence-electron chi connectivity index (χ1n) is 12.3. The summed E-state index contributed by atoms with van der Waals surface area (Å²) < 4.78 is 11.9. The lowest BCUT2D eigenvalue weighted by molar-refractivity contribution is -0.306. The molecule has 1 saturated heterocycles. The van der Waals surface area contributed by atoms with Crippen molar-refractivity contribution in [1.82, 2.24) is 0 Å². The van der Waals surface area contributed by atoms with Crippen LogP contribution in [0.2, 0.25) is 0 Å². The minimum absolute atomic E-state index is 0.0384. The highest BCUT2D eigenvalue weighted by atomic mass is 16.7. The quantitative estimate of drug-likeness (QED) is 0.576. The van der Waals surface area contributed by atoms with E-state index >= 15 is 0 Å². The van der Waals surface area contributed by atoms with Crippen molar-refractivity contribution >= 4 is 5.78 Å². The van der Waals surface area contributed by atoms with E-state index in [1.54, 1.807) is 0 Å². The second kappa shape index (κ2) is 7.23. The SMILES string of the molecule is C[C@@H]1C[C@@]23CC[C@@H]4C(C)(C)[C@H](O[C@H]5OC[C@@H](O)[C@H](O)[C@H]5O)CC[C@@]4(C)[C@H]2CC(=O)[C@@H]1C3. The van der Waals surface area contributed by atoms with Crippen LogP contribution in [-0.2, 0) is 14.3 Å². The molecule has 0 amide bonds. The van der Waals surface area contributed by atoms with Crippen LogP contribution in [0.15, 0.2) is 0 Å². The van der Waals surface area contributed by atoms with Crippen molar-refractivity contribution < 1.29 is 29.6 Å². The molecule has 3 N–H and O–H groups in total. The third-order valence-corrected chi connectivity index (χ3v) is 10.5. The normalized spacial score (nSPS) is 56.1. The largest absolute Gasteiger partial charge is 0.388 e. The van der Waals surface area contributed by atoms with Crippen molar-refractivity contribution in [2.45, 2.75) is 103 Å². The first-order valence-corrected chi connectivity index (χ1v) is 12.3. The molecule has 4 saturated carbocycles. The van der Waals surface area contributed by atoms with E-state index in [-0.39, 0.29) is 29.5 Å². The molecule has 176 valence electrons. The Bertz CT molecular complexity index is 738. The van der Waals surface area contributed by atoms with Gasteiger partial charge in [0, 0.05) is 12.3 Å². The fourth-order valence-electron chi connectivity index (χ4n) is 9.02. The maximum atomic E-state index is 13.0. The molecule has 31 heavy (non-hydrogen) atoms. The Balaban J connectivity index is 1.38. The van der Waals surface area contributed by atoms with E-state index < -0.39 is 24.6 Å². The highest BCUT2D eigenvalue weighted by Crippen LogP contribution is 2.71. The number of carbonyl (C=O) groups is 1. The first kappa shape index (κ1) is 22.3. The van der Waals surface area contributed by atoms with Crippen molar-refractivity contribution in [3.8, 4) is 0 Å².